The molecule has 0 saturated carbocycles. The van der Waals surface area contributed by atoms with E-state index in [0.29, 0.717) is 40.1 Å². The van der Waals surface area contributed by atoms with Gasteiger partial charge in [-0.15, -0.1) is 0 Å². The zero-order valence-electron chi connectivity index (χ0n) is 18.1. The van der Waals surface area contributed by atoms with Gasteiger partial charge in [0.15, 0.2) is 6.61 Å². The molecule has 0 saturated heterocycles. The molecule has 8 nitrogen and oxygen atoms in total. The van der Waals surface area contributed by atoms with Crippen molar-refractivity contribution in [3.63, 3.8) is 0 Å². The van der Waals surface area contributed by atoms with Crippen molar-refractivity contribution in [2.75, 3.05) is 32.7 Å². The van der Waals surface area contributed by atoms with E-state index in [4.69, 9.17) is 25.8 Å². The van der Waals surface area contributed by atoms with Crippen molar-refractivity contribution in [2.45, 2.75) is 25.7 Å². The summed E-state index contributed by atoms with van der Waals surface area (Å²) in [6, 6.07) is 7.55. The SMILES string of the molecule is COc1cc(NC(=O)COc2ccc(S(=O)(=O)NCC(C)C)cc2C)c(OC)cc1Cl. The Kier molecular flexibility index (Phi) is 8.55. The maximum absolute atomic E-state index is 12.4. The first-order valence-electron chi connectivity index (χ1n) is 9.52. The monoisotopic (exact) mass is 470 g/mol. The summed E-state index contributed by atoms with van der Waals surface area (Å²) in [5, 5.41) is 3.03. The Morgan fingerprint density at radius 2 is 1.74 bits per heavy atom. The fourth-order valence-corrected chi connectivity index (χ4v) is 4.13. The van der Waals surface area contributed by atoms with Crippen molar-refractivity contribution in [1.29, 1.82) is 0 Å². The van der Waals surface area contributed by atoms with Crippen LogP contribution in [0.2, 0.25) is 5.02 Å². The average molecular weight is 471 g/mol. The molecule has 2 rings (SSSR count). The molecule has 0 unspecified atom stereocenters. The van der Waals surface area contributed by atoms with Gasteiger partial charge in [0.1, 0.15) is 17.2 Å². The summed E-state index contributed by atoms with van der Waals surface area (Å²) in [4.78, 5) is 12.5. The van der Waals surface area contributed by atoms with Crippen LogP contribution in [0.25, 0.3) is 0 Å². The van der Waals surface area contributed by atoms with Gasteiger partial charge in [0.05, 0.1) is 29.8 Å². The van der Waals surface area contributed by atoms with Crippen LogP contribution in [0, 0.1) is 12.8 Å². The maximum Gasteiger partial charge on any atom is 0.262 e. The number of carbonyl (C=O) groups is 1. The van der Waals surface area contributed by atoms with Crippen LogP contribution in [-0.2, 0) is 14.8 Å². The van der Waals surface area contributed by atoms with Crippen LogP contribution in [0.5, 0.6) is 17.2 Å². The number of hydrogen-bond acceptors (Lipinski definition) is 6. The molecule has 170 valence electrons. The van der Waals surface area contributed by atoms with Crippen LogP contribution in [0.3, 0.4) is 0 Å². The predicted molar refractivity (Wildman–Crippen MR) is 120 cm³/mol. The molecule has 0 spiro atoms. The fourth-order valence-electron chi connectivity index (χ4n) is 2.60. The molecular formula is C21H27ClN2O6S. The number of methoxy groups -OCH3 is 2. The number of anilines is 1. The second kappa shape index (κ2) is 10.7. The molecular weight excluding hydrogens is 444 g/mol. The van der Waals surface area contributed by atoms with Crippen molar-refractivity contribution < 1.29 is 27.4 Å². The van der Waals surface area contributed by atoms with Crippen LogP contribution in [-0.4, -0.2) is 41.7 Å². The summed E-state index contributed by atoms with van der Waals surface area (Å²) in [7, 11) is -0.683. The number of sulfonamides is 1. The van der Waals surface area contributed by atoms with Gasteiger partial charge in [-0.3, -0.25) is 4.79 Å². The van der Waals surface area contributed by atoms with Gasteiger partial charge in [-0.05, 0) is 36.6 Å². The molecule has 2 aromatic rings. The number of benzene rings is 2. The minimum atomic E-state index is -3.61. The molecule has 2 aromatic carbocycles. The highest BCUT2D eigenvalue weighted by Gasteiger charge is 2.17. The highest BCUT2D eigenvalue weighted by molar-refractivity contribution is 7.89. The molecule has 1 amide bonds. The average Bonchev–Trinajstić information content (AvgIpc) is 2.72. The van der Waals surface area contributed by atoms with E-state index >= 15 is 0 Å². The number of halogens is 1. The van der Waals surface area contributed by atoms with E-state index < -0.39 is 15.9 Å². The Hall–Kier alpha value is -2.49. The summed E-state index contributed by atoms with van der Waals surface area (Å²) in [6.07, 6.45) is 0. The molecule has 0 radical (unpaired) electrons. The normalized spacial score (nSPS) is 11.3. The summed E-state index contributed by atoms with van der Waals surface area (Å²) in [6.45, 7) is 5.62. The largest absolute Gasteiger partial charge is 0.495 e. The van der Waals surface area contributed by atoms with Gasteiger partial charge in [0, 0.05) is 18.7 Å². The number of amides is 1. The Morgan fingerprint density at radius 1 is 1.06 bits per heavy atom. The lowest BCUT2D eigenvalue weighted by molar-refractivity contribution is -0.118. The number of ether oxygens (including phenoxy) is 3. The Balaban J connectivity index is 2.06. The van der Waals surface area contributed by atoms with Gasteiger partial charge in [0.25, 0.3) is 5.91 Å². The molecule has 0 aliphatic rings. The molecule has 0 fully saturated rings. The third-order valence-corrected chi connectivity index (χ3v) is 5.96. The van der Waals surface area contributed by atoms with Crippen molar-refractivity contribution in [2.24, 2.45) is 5.92 Å². The molecule has 0 aliphatic heterocycles. The Labute approximate surface area is 187 Å². The molecule has 31 heavy (non-hydrogen) atoms. The first-order chi connectivity index (χ1) is 14.6. The number of hydrogen-bond donors (Lipinski definition) is 2. The van der Waals surface area contributed by atoms with Crippen LogP contribution in [0.15, 0.2) is 35.2 Å². The number of carbonyl (C=O) groups excluding carboxylic acids is 1. The van der Waals surface area contributed by atoms with Crippen molar-refractivity contribution >= 4 is 33.2 Å². The van der Waals surface area contributed by atoms with Crippen molar-refractivity contribution in [3.05, 3.63) is 40.9 Å². The van der Waals surface area contributed by atoms with E-state index in [2.05, 4.69) is 10.0 Å². The van der Waals surface area contributed by atoms with Crippen LogP contribution in [0.4, 0.5) is 5.69 Å². The van der Waals surface area contributed by atoms with Gasteiger partial charge in [-0.2, -0.15) is 0 Å². The zero-order chi connectivity index (χ0) is 23.2. The topological polar surface area (TPSA) is 103 Å². The highest BCUT2D eigenvalue weighted by atomic mass is 35.5. The van der Waals surface area contributed by atoms with Crippen LogP contribution < -0.4 is 24.2 Å². The predicted octanol–water partition coefficient (Wildman–Crippen LogP) is 3.62. The minimum Gasteiger partial charge on any atom is -0.495 e. The summed E-state index contributed by atoms with van der Waals surface area (Å²) >= 11 is 6.07. The molecule has 10 heteroatoms. The quantitative estimate of drug-likeness (QED) is 0.549. The Bertz CT molecular complexity index is 1040. The van der Waals surface area contributed by atoms with E-state index in [1.807, 2.05) is 13.8 Å². The molecule has 2 N–H and O–H groups in total. The van der Waals surface area contributed by atoms with Gasteiger partial charge in [-0.1, -0.05) is 25.4 Å². The van der Waals surface area contributed by atoms with E-state index in [9.17, 15) is 13.2 Å². The number of rotatable bonds is 10. The standard InChI is InChI=1S/C21H27ClN2O6S/c1-13(2)11-23-31(26,27)15-6-7-18(14(3)8-15)30-12-21(25)24-17-10-19(28-4)16(22)9-20(17)29-5/h6-10,13,23H,11-12H2,1-5H3,(H,24,25). The van der Waals surface area contributed by atoms with Crippen LogP contribution >= 0.6 is 11.6 Å². The molecule has 0 aliphatic carbocycles. The molecule has 0 atom stereocenters. The summed E-state index contributed by atoms with van der Waals surface area (Å²) in [5.41, 5.74) is 0.970. The lowest BCUT2D eigenvalue weighted by atomic mass is 10.2. The first-order valence-corrected chi connectivity index (χ1v) is 11.4. The van der Waals surface area contributed by atoms with Crippen molar-refractivity contribution in [3.8, 4) is 17.2 Å². The minimum absolute atomic E-state index is 0.139. The first kappa shape index (κ1) is 24.8. The molecule has 0 aromatic heterocycles. The summed E-state index contributed by atoms with van der Waals surface area (Å²) < 4.78 is 43.2. The van der Waals surface area contributed by atoms with E-state index in [1.165, 1.54) is 38.5 Å². The fraction of sp³-hybridized carbons (Fsp3) is 0.381. The second-order valence-corrected chi connectivity index (χ2v) is 9.37. The lowest BCUT2D eigenvalue weighted by Crippen LogP contribution is -2.27. The van der Waals surface area contributed by atoms with E-state index in [0.717, 1.165) is 0 Å². The summed E-state index contributed by atoms with van der Waals surface area (Å²) in [5.74, 6) is 0.920. The maximum atomic E-state index is 12.4. The van der Waals surface area contributed by atoms with Crippen molar-refractivity contribution in [1.82, 2.24) is 4.72 Å². The molecule has 0 bridgehead atoms. The van der Waals surface area contributed by atoms with Crippen LogP contribution in [0.1, 0.15) is 19.4 Å². The lowest BCUT2D eigenvalue weighted by Gasteiger charge is -2.14. The van der Waals surface area contributed by atoms with Gasteiger partial charge >= 0.3 is 0 Å². The second-order valence-electron chi connectivity index (χ2n) is 7.20. The number of nitrogens with one attached hydrogen (secondary N) is 2. The van der Waals surface area contributed by atoms with E-state index in [1.54, 1.807) is 13.0 Å². The smallest absolute Gasteiger partial charge is 0.262 e. The van der Waals surface area contributed by atoms with Gasteiger partial charge in [0.2, 0.25) is 10.0 Å². The molecule has 0 heterocycles. The third kappa shape index (κ3) is 6.75. The highest BCUT2D eigenvalue weighted by Crippen LogP contribution is 2.35. The number of aryl methyl sites for hydroxylation is 1. The zero-order valence-corrected chi connectivity index (χ0v) is 19.7. The Morgan fingerprint density at radius 3 is 2.32 bits per heavy atom. The third-order valence-electron chi connectivity index (χ3n) is 4.25. The van der Waals surface area contributed by atoms with Gasteiger partial charge < -0.3 is 19.5 Å². The van der Waals surface area contributed by atoms with E-state index in [-0.39, 0.29) is 17.4 Å². The van der Waals surface area contributed by atoms with Gasteiger partial charge in [-0.25, -0.2) is 13.1 Å².